The Hall–Kier alpha value is -0.890. The molecule has 0 aromatic carbocycles. The minimum absolute atomic E-state index is 0.264. The summed E-state index contributed by atoms with van der Waals surface area (Å²) in [6.07, 6.45) is 6.15. The van der Waals surface area contributed by atoms with E-state index in [1.165, 1.54) is 18.4 Å². The van der Waals surface area contributed by atoms with Crippen molar-refractivity contribution in [2.45, 2.75) is 31.2 Å². The van der Waals surface area contributed by atoms with Gasteiger partial charge in [-0.1, -0.05) is 0 Å². The predicted molar refractivity (Wildman–Crippen MR) is 48.8 cm³/mol. The van der Waals surface area contributed by atoms with Crippen molar-refractivity contribution in [3.05, 3.63) is 30.1 Å². The number of nitrogens with two attached hydrogens (primary N) is 1. The molecular formula is C10H14N2. The minimum Gasteiger partial charge on any atom is -0.327 e. The lowest BCUT2D eigenvalue weighted by Crippen LogP contribution is -2.31. The van der Waals surface area contributed by atoms with Crippen molar-refractivity contribution in [1.29, 1.82) is 0 Å². The van der Waals surface area contributed by atoms with Gasteiger partial charge >= 0.3 is 0 Å². The van der Waals surface area contributed by atoms with E-state index in [1.807, 2.05) is 12.4 Å². The van der Waals surface area contributed by atoms with Crippen LogP contribution in [0.2, 0.25) is 0 Å². The van der Waals surface area contributed by atoms with Crippen LogP contribution in [0, 0.1) is 0 Å². The van der Waals surface area contributed by atoms with Crippen molar-refractivity contribution < 1.29 is 0 Å². The fourth-order valence-corrected chi connectivity index (χ4v) is 1.83. The Morgan fingerprint density at radius 2 is 2.00 bits per heavy atom. The van der Waals surface area contributed by atoms with Crippen LogP contribution in [0.4, 0.5) is 0 Å². The lowest BCUT2D eigenvalue weighted by atomic mass is 9.90. The van der Waals surface area contributed by atoms with Crippen LogP contribution in [0.25, 0.3) is 0 Å². The van der Waals surface area contributed by atoms with E-state index in [0.29, 0.717) is 0 Å². The molecule has 2 nitrogen and oxygen atoms in total. The molecule has 2 rings (SSSR count). The van der Waals surface area contributed by atoms with Gasteiger partial charge in [0.1, 0.15) is 0 Å². The Morgan fingerprint density at radius 3 is 2.42 bits per heavy atom. The minimum atomic E-state index is 0.264. The van der Waals surface area contributed by atoms with Crippen LogP contribution in [0.5, 0.6) is 0 Å². The molecule has 64 valence electrons. The van der Waals surface area contributed by atoms with Gasteiger partial charge in [0.25, 0.3) is 0 Å². The van der Waals surface area contributed by atoms with Gasteiger partial charge in [-0.25, -0.2) is 0 Å². The second-order valence-corrected chi connectivity index (χ2v) is 3.68. The van der Waals surface area contributed by atoms with Crippen LogP contribution in [-0.2, 0) is 5.41 Å². The molecule has 2 heteroatoms. The van der Waals surface area contributed by atoms with Crippen molar-refractivity contribution in [2.75, 3.05) is 0 Å². The van der Waals surface area contributed by atoms with E-state index in [2.05, 4.69) is 24.0 Å². The van der Waals surface area contributed by atoms with Gasteiger partial charge in [-0.2, -0.15) is 0 Å². The van der Waals surface area contributed by atoms with Gasteiger partial charge in [0.05, 0.1) is 0 Å². The summed E-state index contributed by atoms with van der Waals surface area (Å²) in [4.78, 5) is 4.01. The topological polar surface area (TPSA) is 38.9 Å². The number of nitrogens with zero attached hydrogens (tertiary/aromatic N) is 1. The third-order valence-corrected chi connectivity index (χ3v) is 2.92. The second-order valence-electron chi connectivity index (χ2n) is 3.68. The van der Waals surface area contributed by atoms with E-state index < -0.39 is 0 Å². The summed E-state index contributed by atoms with van der Waals surface area (Å²) in [7, 11) is 0. The van der Waals surface area contributed by atoms with Crippen molar-refractivity contribution in [3.63, 3.8) is 0 Å². The molecule has 0 spiro atoms. The summed E-state index contributed by atoms with van der Waals surface area (Å²) < 4.78 is 0. The third-order valence-electron chi connectivity index (χ3n) is 2.92. The normalized spacial score (nSPS) is 21.8. The fourth-order valence-electron chi connectivity index (χ4n) is 1.83. The highest BCUT2D eigenvalue weighted by Crippen LogP contribution is 2.49. The first-order valence-electron chi connectivity index (χ1n) is 4.42. The van der Waals surface area contributed by atoms with Gasteiger partial charge < -0.3 is 5.73 Å². The molecule has 0 bridgehead atoms. The molecule has 0 saturated heterocycles. The zero-order chi connectivity index (χ0) is 8.60. The van der Waals surface area contributed by atoms with Crippen LogP contribution in [0.1, 0.15) is 25.3 Å². The van der Waals surface area contributed by atoms with E-state index in [1.54, 1.807) is 0 Å². The largest absolute Gasteiger partial charge is 0.327 e. The summed E-state index contributed by atoms with van der Waals surface area (Å²) in [5, 5.41) is 0. The van der Waals surface area contributed by atoms with Crippen LogP contribution in [0.3, 0.4) is 0 Å². The quantitative estimate of drug-likeness (QED) is 0.715. The number of aromatic nitrogens is 1. The lowest BCUT2D eigenvalue weighted by Gasteiger charge is -2.19. The Balaban J connectivity index is 2.31. The van der Waals surface area contributed by atoms with Crippen molar-refractivity contribution in [1.82, 2.24) is 4.98 Å². The molecule has 1 aliphatic rings. The van der Waals surface area contributed by atoms with Gasteiger partial charge in [-0.15, -0.1) is 0 Å². The van der Waals surface area contributed by atoms with Gasteiger partial charge in [0, 0.05) is 23.9 Å². The zero-order valence-corrected chi connectivity index (χ0v) is 7.33. The van der Waals surface area contributed by atoms with Crippen LogP contribution >= 0.6 is 0 Å². The van der Waals surface area contributed by atoms with Crippen LogP contribution in [-0.4, -0.2) is 11.0 Å². The summed E-state index contributed by atoms with van der Waals surface area (Å²) in [6.45, 7) is 2.09. The molecular weight excluding hydrogens is 148 g/mol. The van der Waals surface area contributed by atoms with Crippen molar-refractivity contribution in [2.24, 2.45) is 5.73 Å². The van der Waals surface area contributed by atoms with E-state index in [-0.39, 0.29) is 11.5 Å². The summed E-state index contributed by atoms with van der Waals surface area (Å²) in [5.41, 5.74) is 7.58. The Morgan fingerprint density at radius 1 is 1.42 bits per heavy atom. The first-order chi connectivity index (χ1) is 5.76. The third kappa shape index (κ3) is 1.03. The average Bonchev–Trinajstić information content (AvgIpc) is 2.86. The average molecular weight is 162 g/mol. The molecule has 2 N–H and O–H groups in total. The highest BCUT2D eigenvalue weighted by molar-refractivity contribution is 5.31. The molecule has 12 heavy (non-hydrogen) atoms. The summed E-state index contributed by atoms with van der Waals surface area (Å²) in [5.74, 6) is 0. The molecule has 1 aromatic heterocycles. The standard InChI is InChI=1S/C10H14N2/c1-8(11)10(4-5-10)9-2-6-12-7-3-9/h2-3,6-8H,4-5,11H2,1H3. The van der Waals surface area contributed by atoms with E-state index in [0.717, 1.165) is 0 Å². The lowest BCUT2D eigenvalue weighted by molar-refractivity contribution is 0.556. The maximum Gasteiger partial charge on any atom is 0.0270 e. The molecule has 1 unspecified atom stereocenters. The number of hydrogen-bond donors (Lipinski definition) is 1. The molecule has 1 aromatic rings. The number of pyridine rings is 1. The molecule has 0 aliphatic heterocycles. The zero-order valence-electron chi connectivity index (χ0n) is 7.33. The van der Waals surface area contributed by atoms with Crippen molar-refractivity contribution in [3.8, 4) is 0 Å². The molecule has 1 heterocycles. The molecule has 1 fully saturated rings. The van der Waals surface area contributed by atoms with Gasteiger partial charge in [-0.05, 0) is 37.5 Å². The molecule has 0 amide bonds. The highest BCUT2D eigenvalue weighted by atomic mass is 14.7. The van der Waals surface area contributed by atoms with Gasteiger partial charge in [0.2, 0.25) is 0 Å². The first-order valence-corrected chi connectivity index (χ1v) is 4.42. The SMILES string of the molecule is CC(N)C1(c2ccncc2)CC1. The molecule has 1 saturated carbocycles. The molecule has 1 aliphatic carbocycles. The summed E-state index contributed by atoms with van der Waals surface area (Å²) >= 11 is 0. The maximum absolute atomic E-state index is 5.94. The molecule has 0 radical (unpaired) electrons. The van der Waals surface area contributed by atoms with E-state index in [4.69, 9.17) is 5.73 Å². The van der Waals surface area contributed by atoms with Crippen molar-refractivity contribution >= 4 is 0 Å². The fraction of sp³-hybridized carbons (Fsp3) is 0.500. The van der Waals surface area contributed by atoms with E-state index >= 15 is 0 Å². The van der Waals surface area contributed by atoms with Crippen LogP contribution in [0.15, 0.2) is 24.5 Å². The summed E-state index contributed by atoms with van der Waals surface area (Å²) in [6, 6.07) is 4.42. The Kier molecular flexibility index (Phi) is 1.65. The van der Waals surface area contributed by atoms with E-state index in [9.17, 15) is 0 Å². The number of hydrogen-bond acceptors (Lipinski definition) is 2. The molecule has 1 atom stereocenters. The Bertz CT molecular complexity index is 262. The number of rotatable bonds is 2. The van der Waals surface area contributed by atoms with Gasteiger partial charge in [-0.3, -0.25) is 4.98 Å². The van der Waals surface area contributed by atoms with Crippen LogP contribution < -0.4 is 5.73 Å². The Labute approximate surface area is 72.8 Å². The maximum atomic E-state index is 5.94. The second kappa shape index (κ2) is 2.56. The highest BCUT2D eigenvalue weighted by Gasteiger charge is 2.47. The monoisotopic (exact) mass is 162 g/mol. The smallest absolute Gasteiger partial charge is 0.0270 e. The van der Waals surface area contributed by atoms with Gasteiger partial charge in [0.15, 0.2) is 0 Å². The predicted octanol–water partition coefficient (Wildman–Crippen LogP) is 1.46. The first kappa shape index (κ1) is 7.74.